The van der Waals surface area contributed by atoms with Gasteiger partial charge in [0.15, 0.2) is 0 Å². The molecule has 0 fully saturated rings. The molecule has 1 aromatic rings. The van der Waals surface area contributed by atoms with Crippen LogP contribution < -0.4 is 10.5 Å². The van der Waals surface area contributed by atoms with Crippen molar-refractivity contribution < 1.29 is 26.4 Å². The van der Waals surface area contributed by atoms with Gasteiger partial charge in [0.25, 0.3) is 0 Å². The number of carbonyl (C=O) groups excluding carboxylic acids is 1. The Morgan fingerprint density at radius 3 is 1.95 bits per heavy atom. The highest BCUT2D eigenvalue weighted by Crippen LogP contribution is 2.34. The first kappa shape index (κ1) is 16.0. The quantitative estimate of drug-likeness (QED) is 0.866. The molecule has 106 valence electrons. The summed E-state index contributed by atoms with van der Waals surface area (Å²) < 4.78 is 58.2. The predicted octanol–water partition coefficient (Wildman–Crippen LogP) is 2.14. The Balaban J connectivity index is 3.23. The van der Waals surface area contributed by atoms with E-state index < -0.39 is 42.7 Å². The molecule has 0 aliphatic rings. The minimum absolute atomic E-state index is 0.492. The van der Waals surface area contributed by atoms with Gasteiger partial charge in [0.1, 0.15) is 0 Å². The number of nitrogens with one attached hydrogen (secondary N) is 1. The van der Waals surface area contributed by atoms with E-state index in [-0.39, 0.29) is 0 Å². The molecule has 0 saturated carbocycles. The van der Waals surface area contributed by atoms with Crippen molar-refractivity contribution in [1.82, 2.24) is 0 Å². The molecule has 0 spiro atoms. The zero-order chi connectivity index (χ0) is 15.0. The third kappa shape index (κ3) is 3.96. The van der Waals surface area contributed by atoms with Crippen LogP contribution >= 0.6 is 23.2 Å². The number of carbonyl (C=O) groups is 1. The zero-order valence-electron chi connectivity index (χ0n) is 8.75. The number of halogens is 5. The van der Waals surface area contributed by atoms with E-state index in [0.717, 1.165) is 12.1 Å². The largest absolute Gasteiger partial charge is 0.471 e. The molecular formula is C8H5Cl2F3N2O3S. The van der Waals surface area contributed by atoms with E-state index >= 15 is 0 Å². The van der Waals surface area contributed by atoms with Crippen molar-refractivity contribution in [2.45, 2.75) is 11.1 Å². The monoisotopic (exact) mass is 336 g/mol. The summed E-state index contributed by atoms with van der Waals surface area (Å²) in [5, 5.41) is 5.25. The summed E-state index contributed by atoms with van der Waals surface area (Å²) in [7, 11) is -4.13. The van der Waals surface area contributed by atoms with Gasteiger partial charge in [-0.3, -0.25) is 4.79 Å². The van der Waals surface area contributed by atoms with Crippen LogP contribution in [0.25, 0.3) is 0 Å². The third-order valence-corrected chi connectivity index (χ3v) is 3.33. The normalized spacial score (nSPS) is 12.3. The first-order valence-corrected chi connectivity index (χ1v) is 6.63. The second-order valence-corrected chi connectivity index (χ2v) is 5.63. The Morgan fingerprint density at radius 2 is 1.63 bits per heavy atom. The maximum Gasteiger partial charge on any atom is 0.471 e. The zero-order valence-corrected chi connectivity index (χ0v) is 11.1. The first-order chi connectivity index (χ1) is 8.43. The van der Waals surface area contributed by atoms with Crippen LogP contribution in [0, 0.1) is 0 Å². The van der Waals surface area contributed by atoms with E-state index in [9.17, 15) is 26.4 Å². The lowest BCUT2D eigenvalue weighted by atomic mass is 10.3. The minimum atomic E-state index is -5.13. The fraction of sp³-hybridized carbons (Fsp3) is 0.125. The van der Waals surface area contributed by atoms with Crippen LogP contribution in [-0.4, -0.2) is 20.5 Å². The Kier molecular flexibility index (Phi) is 4.35. The lowest BCUT2D eigenvalue weighted by Crippen LogP contribution is -2.30. The second-order valence-electron chi connectivity index (χ2n) is 3.26. The second kappa shape index (κ2) is 5.16. The summed E-state index contributed by atoms with van der Waals surface area (Å²) in [5.74, 6) is -2.29. The number of hydrogen-bond acceptors (Lipinski definition) is 3. The van der Waals surface area contributed by atoms with Gasteiger partial charge in [-0.25, -0.2) is 13.6 Å². The van der Waals surface area contributed by atoms with Gasteiger partial charge in [-0.2, -0.15) is 13.2 Å². The molecule has 1 amide bonds. The highest BCUT2D eigenvalue weighted by Gasteiger charge is 2.39. The van der Waals surface area contributed by atoms with Gasteiger partial charge < -0.3 is 5.32 Å². The molecule has 19 heavy (non-hydrogen) atoms. The molecule has 5 nitrogen and oxygen atoms in total. The van der Waals surface area contributed by atoms with Crippen molar-refractivity contribution in [3.63, 3.8) is 0 Å². The number of nitrogens with two attached hydrogens (primary N) is 1. The first-order valence-electron chi connectivity index (χ1n) is 4.33. The van der Waals surface area contributed by atoms with E-state index in [2.05, 4.69) is 0 Å². The van der Waals surface area contributed by atoms with Gasteiger partial charge in [-0.15, -0.1) is 0 Å². The minimum Gasteiger partial charge on any atom is -0.316 e. The molecule has 11 heteroatoms. The third-order valence-electron chi connectivity index (χ3n) is 1.84. The SMILES string of the molecule is NS(=O)(=O)c1cc(Cl)c(NC(=O)C(F)(F)F)c(Cl)c1. The molecule has 0 atom stereocenters. The summed E-state index contributed by atoms with van der Waals surface area (Å²) in [5.41, 5.74) is -0.557. The molecular weight excluding hydrogens is 332 g/mol. The molecule has 1 rings (SSSR count). The molecule has 0 bridgehead atoms. The van der Waals surface area contributed by atoms with Gasteiger partial charge in [-0.05, 0) is 12.1 Å². The van der Waals surface area contributed by atoms with Crippen LogP contribution in [0.2, 0.25) is 10.0 Å². The van der Waals surface area contributed by atoms with E-state index in [1.54, 1.807) is 0 Å². The summed E-state index contributed by atoms with van der Waals surface area (Å²) in [6.45, 7) is 0. The summed E-state index contributed by atoms with van der Waals surface area (Å²) in [6.07, 6.45) is -5.13. The molecule has 0 heterocycles. The number of sulfonamides is 1. The molecule has 0 aromatic heterocycles. The van der Waals surface area contributed by atoms with E-state index in [4.69, 9.17) is 28.3 Å². The van der Waals surface area contributed by atoms with Gasteiger partial charge in [0.05, 0.1) is 20.6 Å². The van der Waals surface area contributed by atoms with Crippen LogP contribution in [0.3, 0.4) is 0 Å². The standard InChI is InChI=1S/C8H5Cl2F3N2O3S/c9-4-1-3(19(14,17)18)2-5(10)6(4)15-7(16)8(11,12)13/h1-2H,(H,15,16)(H2,14,17,18). The smallest absolute Gasteiger partial charge is 0.316 e. The van der Waals surface area contributed by atoms with Crippen molar-refractivity contribution in [2.75, 3.05) is 5.32 Å². The van der Waals surface area contributed by atoms with Crippen molar-refractivity contribution in [2.24, 2.45) is 5.14 Å². The average molecular weight is 337 g/mol. The predicted molar refractivity (Wildman–Crippen MR) is 62.5 cm³/mol. The van der Waals surface area contributed by atoms with Crippen LogP contribution in [0.1, 0.15) is 0 Å². The Hall–Kier alpha value is -1.03. The van der Waals surface area contributed by atoms with Crippen LogP contribution in [-0.2, 0) is 14.8 Å². The Morgan fingerprint density at radius 1 is 1.21 bits per heavy atom. The number of alkyl halides is 3. The van der Waals surface area contributed by atoms with Gasteiger partial charge in [-0.1, -0.05) is 23.2 Å². The lowest BCUT2D eigenvalue weighted by Gasteiger charge is -2.12. The molecule has 1 aromatic carbocycles. The summed E-state index contributed by atoms with van der Waals surface area (Å²) in [4.78, 5) is 10.2. The number of anilines is 1. The maximum atomic E-state index is 12.1. The molecule has 0 radical (unpaired) electrons. The van der Waals surface area contributed by atoms with Crippen LogP contribution in [0.4, 0.5) is 18.9 Å². The van der Waals surface area contributed by atoms with Crippen molar-refractivity contribution in [3.8, 4) is 0 Å². The highest BCUT2D eigenvalue weighted by molar-refractivity contribution is 7.89. The molecule has 0 aliphatic heterocycles. The molecule has 0 aliphatic carbocycles. The number of benzene rings is 1. The lowest BCUT2D eigenvalue weighted by molar-refractivity contribution is -0.167. The Labute approximate surface area is 115 Å². The van der Waals surface area contributed by atoms with Crippen molar-refractivity contribution in [1.29, 1.82) is 0 Å². The van der Waals surface area contributed by atoms with E-state index in [0.29, 0.717) is 0 Å². The number of amides is 1. The van der Waals surface area contributed by atoms with Crippen LogP contribution in [0.15, 0.2) is 17.0 Å². The van der Waals surface area contributed by atoms with Crippen LogP contribution in [0.5, 0.6) is 0 Å². The molecule has 3 N–H and O–H groups in total. The maximum absolute atomic E-state index is 12.1. The average Bonchev–Trinajstić information content (AvgIpc) is 2.19. The van der Waals surface area contributed by atoms with Gasteiger partial charge in [0.2, 0.25) is 10.0 Å². The Bertz CT molecular complexity index is 608. The molecule has 0 saturated heterocycles. The molecule has 0 unspecified atom stereocenters. The highest BCUT2D eigenvalue weighted by atomic mass is 35.5. The van der Waals surface area contributed by atoms with E-state index in [1.165, 1.54) is 5.32 Å². The van der Waals surface area contributed by atoms with Gasteiger partial charge in [0, 0.05) is 0 Å². The van der Waals surface area contributed by atoms with Gasteiger partial charge >= 0.3 is 12.1 Å². The van der Waals surface area contributed by atoms with E-state index in [1.807, 2.05) is 0 Å². The summed E-state index contributed by atoms with van der Waals surface area (Å²) in [6, 6.07) is 1.55. The fourth-order valence-corrected chi connectivity index (χ4v) is 2.29. The number of primary sulfonamides is 1. The fourth-order valence-electron chi connectivity index (χ4n) is 1.02. The topological polar surface area (TPSA) is 89.3 Å². The van der Waals surface area contributed by atoms with Crippen molar-refractivity contribution >= 4 is 44.8 Å². The number of hydrogen-bond donors (Lipinski definition) is 2. The summed E-state index contributed by atoms with van der Waals surface area (Å²) >= 11 is 11.1. The van der Waals surface area contributed by atoms with Crippen molar-refractivity contribution in [3.05, 3.63) is 22.2 Å². The number of rotatable bonds is 2.